The number of thiazole rings is 1. The summed E-state index contributed by atoms with van der Waals surface area (Å²) in [5.74, 6) is -0.814. The monoisotopic (exact) mass is 381 g/mol. The van der Waals surface area contributed by atoms with Crippen LogP contribution in [0.5, 0.6) is 0 Å². The van der Waals surface area contributed by atoms with Gasteiger partial charge in [-0.15, -0.1) is 0 Å². The Morgan fingerprint density at radius 2 is 1.74 bits per heavy atom. The summed E-state index contributed by atoms with van der Waals surface area (Å²) in [6.07, 6.45) is 0. The van der Waals surface area contributed by atoms with E-state index in [1.807, 2.05) is 42.3 Å². The van der Waals surface area contributed by atoms with Gasteiger partial charge in [-0.05, 0) is 31.2 Å². The standard InChI is InChI=1S/C20H19N3O3S/c1-13-17(27-20(21-13)23(2)14-9-5-4-6-10-14)18(24)22-16-12-8-7-11-15(16)19(25)26-3/h4-12H,1-3H3,(H,22,24). The second kappa shape index (κ2) is 8.01. The Balaban J connectivity index is 1.85. The van der Waals surface area contributed by atoms with E-state index in [2.05, 4.69) is 10.3 Å². The lowest BCUT2D eigenvalue weighted by atomic mass is 10.1. The molecule has 3 aromatic rings. The Bertz CT molecular complexity index is 970. The van der Waals surface area contributed by atoms with Crippen LogP contribution < -0.4 is 10.2 Å². The number of carbonyl (C=O) groups excluding carboxylic acids is 2. The SMILES string of the molecule is COC(=O)c1ccccc1NC(=O)c1sc(N(C)c2ccccc2)nc1C. The molecule has 0 aliphatic carbocycles. The first-order chi connectivity index (χ1) is 13.0. The summed E-state index contributed by atoms with van der Waals surface area (Å²) < 4.78 is 4.77. The van der Waals surface area contributed by atoms with Gasteiger partial charge < -0.3 is 15.0 Å². The van der Waals surface area contributed by atoms with Crippen molar-refractivity contribution in [2.75, 3.05) is 24.4 Å². The topological polar surface area (TPSA) is 71.5 Å². The molecule has 0 saturated carbocycles. The number of aromatic nitrogens is 1. The van der Waals surface area contributed by atoms with Crippen molar-refractivity contribution in [3.63, 3.8) is 0 Å². The van der Waals surface area contributed by atoms with Crippen LogP contribution in [0, 0.1) is 6.92 Å². The summed E-state index contributed by atoms with van der Waals surface area (Å²) in [5, 5.41) is 3.50. The quantitative estimate of drug-likeness (QED) is 0.669. The fraction of sp³-hybridized carbons (Fsp3) is 0.150. The fourth-order valence-electron chi connectivity index (χ4n) is 2.56. The summed E-state index contributed by atoms with van der Waals surface area (Å²) >= 11 is 1.30. The van der Waals surface area contributed by atoms with E-state index in [-0.39, 0.29) is 5.91 Å². The van der Waals surface area contributed by atoms with Gasteiger partial charge in [-0.1, -0.05) is 41.7 Å². The van der Waals surface area contributed by atoms with Crippen LogP contribution in [0.4, 0.5) is 16.5 Å². The maximum absolute atomic E-state index is 12.8. The first kappa shape index (κ1) is 18.6. The molecule has 0 radical (unpaired) electrons. The fourth-order valence-corrected chi connectivity index (χ4v) is 3.50. The average Bonchev–Trinajstić information content (AvgIpc) is 3.09. The van der Waals surface area contributed by atoms with Gasteiger partial charge in [0.25, 0.3) is 5.91 Å². The molecule has 0 atom stereocenters. The minimum Gasteiger partial charge on any atom is -0.465 e. The number of rotatable bonds is 5. The van der Waals surface area contributed by atoms with Gasteiger partial charge >= 0.3 is 5.97 Å². The Morgan fingerprint density at radius 3 is 2.44 bits per heavy atom. The third kappa shape index (κ3) is 3.98. The van der Waals surface area contributed by atoms with Crippen molar-refractivity contribution in [1.29, 1.82) is 0 Å². The van der Waals surface area contributed by atoms with Crippen molar-refractivity contribution in [2.24, 2.45) is 0 Å². The van der Waals surface area contributed by atoms with Gasteiger partial charge in [0.05, 0.1) is 24.1 Å². The van der Waals surface area contributed by atoms with Crippen molar-refractivity contribution in [1.82, 2.24) is 4.98 Å². The number of para-hydroxylation sites is 2. The number of methoxy groups -OCH3 is 1. The highest BCUT2D eigenvalue weighted by molar-refractivity contribution is 7.17. The summed E-state index contributed by atoms with van der Waals surface area (Å²) in [6, 6.07) is 16.5. The van der Waals surface area contributed by atoms with Gasteiger partial charge in [0.2, 0.25) is 0 Å². The van der Waals surface area contributed by atoms with Gasteiger partial charge in [-0.2, -0.15) is 0 Å². The van der Waals surface area contributed by atoms with Crippen LogP contribution in [-0.2, 0) is 4.74 Å². The van der Waals surface area contributed by atoms with E-state index in [0.717, 1.165) is 5.69 Å². The Labute approximate surface area is 161 Å². The first-order valence-electron chi connectivity index (χ1n) is 8.26. The lowest BCUT2D eigenvalue weighted by Gasteiger charge is -2.15. The van der Waals surface area contributed by atoms with Crippen LogP contribution in [-0.4, -0.2) is 31.0 Å². The molecule has 7 heteroatoms. The first-order valence-corrected chi connectivity index (χ1v) is 9.08. The van der Waals surface area contributed by atoms with Crippen LogP contribution in [0.15, 0.2) is 54.6 Å². The van der Waals surface area contributed by atoms with Gasteiger partial charge in [0, 0.05) is 12.7 Å². The van der Waals surface area contributed by atoms with Crippen LogP contribution >= 0.6 is 11.3 Å². The lowest BCUT2D eigenvalue weighted by molar-refractivity contribution is 0.0602. The molecule has 0 saturated heterocycles. The zero-order valence-corrected chi connectivity index (χ0v) is 16.0. The molecular weight excluding hydrogens is 362 g/mol. The van der Waals surface area contributed by atoms with Gasteiger partial charge in [0.1, 0.15) is 4.88 Å². The van der Waals surface area contributed by atoms with Gasteiger partial charge in [-0.3, -0.25) is 4.79 Å². The number of anilines is 3. The van der Waals surface area contributed by atoms with E-state index in [1.165, 1.54) is 18.4 Å². The third-order valence-electron chi connectivity index (χ3n) is 4.00. The van der Waals surface area contributed by atoms with E-state index >= 15 is 0 Å². The third-order valence-corrected chi connectivity index (χ3v) is 5.24. The predicted molar refractivity (Wildman–Crippen MR) is 107 cm³/mol. The number of esters is 1. The molecule has 6 nitrogen and oxygen atoms in total. The highest BCUT2D eigenvalue weighted by Crippen LogP contribution is 2.31. The van der Waals surface area contributed by atoms with E-state index in [1.54, 1.807) is 31.2 Å². The maximum Gasteiger partial charge on any atom is 0.339 e. The minimum absolute atomic E-state index is 0.303. The Hall–Kier alpha value is -3.19. The maximum atomic E-state index is 12.8. The van der Waals surface area contributed by atoms with E-state index in [4.69, 9.17) is 4.74 Å². The van der Waals surface area contributed by atoms with Crippen molar-refractivity contribution < 1.29 is 14.3 Å². The largest absolute Gasteiger partial charge is 0.465 e. The second-order valence-corrected chi connectivity index (χ2v) is 6.77. The van der Waals surface area contributed by atoms with Gasteiger partial charge in [-0.25, -0.2) is 9.78 Å². The molecule has 1 aromatic heterocycles. The van der Waals surface area contributed by atoms with E-state index in [9.17, 15) is 9.59 Å². The van der Waals surface area contributed by atoms with Crippen molar-refractivity contribution in [2.45, 2.75) is 6.92 Å². The molecule has 0 unspecified atom stereocenters. The number of nitrogens with zero attached hydrogens (tertiary/aromatic N) is 2. The van der Waals surface area contributed by atoms with Crippen LogP contribution in [0.25, 0.3) is 0 Å². The molecule has 0 fully saturated rings. The van der Waals surface area contributed by atoms with Crippen LogP contribution in [0.3, 0.4) is 0 Å². The molecular formula is C20H19N3O3S. The number of nitrogens with one attached hydrogen (secondary N) is 1. The second-order valence-electron chi connectivity index (χ2n) is 5.80. The molecule has 0 spiro atoms. The predicted octanol–water partition coefficient (Wildman–Crippen LogP) is 4.26. The Morgan fingerprint density at radius 1 is 1.07 bits per heavy atom. The van der Waals surface area contributed by atoms with Crippen molar-refractivity contribution in [3.05, 3.63) is 70.7 Å². The molecule has 1 amide bonds. The number of ether oxygens (including phenoxy) is 1. The summed E-state index contributed by atoms with van der Waals surface area (Å²) in [6.45, 7) is 1.79. The zero-order chi connectivity index (χ0) is 19.4. The summed E-state index contributed by atoms with van der Waals surface area (Å²) in [4.78, 5) is 31.6. The normalized spacial score (nSPS) is 10.3. The van der Waals surface area contributed by atoms with Gasteiger partial charge in [0.15, 0.2) is 5.13 Å². The zero-order valence-electron chi connectivity index (χ0n) is 15.2. The number of amides is 1. The highest BCUT2D eigenvalue weighted by Gasteiger charge is 2.20. The number of hydrogen-bond acceptors (Lipinski definition) is 6. The number of aryl methyl sites for hydroxylation is 1. The number of benzene rings is 2. The smallest absolute Gasteiger partial charge is 0.339 e. The van der Waals surface area contributed by atoms with Crippen LogP contribution in [0.2, 0.25) is 0 Å². The molecule has 0 aliphatic rings. The molecule has 27 heavy (non-hydrogen) atoms. The average molecular weight is 381 g/mol. The molecule has 138 valence electrons. The Kier molecular flexibility index (Phi) is 5.52. The lowest BCUT2D eigenvalue weighted by Crippen LogP contribution is -2.15. The van der Waals surface area contributed by atoms with Crippen molar-refractivity contribution >= 4 is 39.7 Å². The molecule has 1 heterocycles. The molecule has 3 rings (SSSR count). The number of hydrogen-bond donors (Lipinski definition) is 1. The minimum atomic E-state index is -0.503. The van der Waals surface area contributed by atoms with E-state index < -0.39 is 5.97 Å². The van der Waals surface area contributed by atoms with Crippen LogP contribution in [0.1, 0.15) is 25.7 Å². The highest BCUT2D eigenvalue weighted by atomic mass is 32.1. The molecule has 2 aromatic carbocycles. The van der Waals surface area contributed by atoms with E-state index in [0.29, 0.717) is 27.0 Å². The summed E-state index contributed by atoms with van der Waals surface area (Å²) in [5.41, 5.74) is 2.32. The summed E-state index contributed by atoms with van der Waals surface area (Å²) in [7, 11) is 3.21. The molecule has 0 aliphatic heterocycles. The van der Waals surface area contributed by atoms with Crippen molar-refractivity contribution in [3.8, 4) is 0 Å². The molecule has 0 bridgehead atoms. The molecule has 1 N–H and O–H groups in total. The number of carbonyl (C=O) groups is 2.